The second-order valence-corrected chi connectivity index (χ2v) is 6.38. The smallest absolute Gasteiger partial charge is 0.259 e. The number of amides is 2. The molecule has 4 rings (SSSR count). The number of aryl methyl sites for hydroxylation is 2. The van der Waals surface area contributed by atoms with Crippen LogP contribution < -0.4 is 5.32 Å². The highest BCUT2D eigenvalue weighted by atomic mass is 79.9. The van der Waals surface area contributed by atoms with Crippen LogP contribution >= 0.6 is 15.9 Å². The van der Waals surface area contributed by atoms with Crippen molar-refractivity contribution in [1.82, 2.24) is 10.3 Å². The Kier molecular flexibility index (Phi) is 3.31. The lowest BCUT2D eigenvalue weighted by atomic mass is 9.97. The first-order chi connectivity index (χ1) is 11.1. The summed E-state index contributed by atoms with van der Waals surface area (Å²) in [6.45, 7) is 0. The highest BCUT2D eigenvalue weighted by molar-refractivity contribution is 9.10. The molecule has 114 valence electrons. The summed E-state index contributed by atoms with van der Waals surface area (Å²) in [5.41, 5.74) is 4.17. The van der Waals surface area contributed by atoms with Crippen LogP contribution in [0.5, 0.6) is 0 Å². The van der Waals surface area contributed by atoms with Gasteiger partial charge in [0, 0.05) is 10.9 Å². The molecule has 0 bridgehead atoms. The van der Waals surface area contributed by atoms with Crippen LogP contribution in [-0.4, -0.2) is 16.8 Å². The fraction of sp³-hybridized carbons (Fsp3) is 0.111. The summed E-state index contributed by atoms with van der Waals surface area (Å²) in [7, 11) is 0. The summed E-state index contributed by atoms with van der Waals surface area (Å²) in [4.78, 5) is 27.1. The number of nitrogens with one attached hydrogen (secondary N) is 2. The predicted molar refractivity (Wildman–Crippen MR) is 91.6 cm³/mol. The SMILES string of the molecule is O=C1NC(=O)c2c(CCc3c(Br)[nH]c4ccccc34)cccc21. The Balaban J connectivity index is 1.69. The number of carbonyl (C=O) groups excluding carboxylic acids is 2. The molecule has 0 radical (unpaired) electrons. The van der Waals surface area contributed by atoms with Crippen molar-refractivity contribution >= 4 is 38.6 Å². The zero-order valence-electron chi connectivity index (χ0n) is 12.2. The van der Waals surface area contributed by atoms with Crippen LogP contribution in [0, 0.1) is 0 Å². The van der Waals surface area contributed by atoms with E-state index in [0.29, 0.717) is 17.5 Å². The summed E-state index contributed by atoms with van der Waals surface area (Å²) >= 11 is 3.58. The minimum absolute atomic E-state index is 0.293. The van der Waals surface area contributed by atoms with Crippen LogP contribution in [0.15, 0.2) is 47.1 Å². The molecule has 2 amide bonds. The summed E-state index contributed by atoms with van der Waals surface area (Å²) in [6.07, 6.45) is 1.48. The van der Waals surface area contributed by atoms with Gasteiger partial charge in [-0.3, -0.25) is 14.9 Å². The molecule has 4 nitrogen and oxygen atoms in total. The molecule has 0 aliphatic carbocycles. The number of hydrogen-bond acceptors (Lipinski definition) is 2. The molecule has 5 heteroatoms. The fourth-order valence-electron chi connectivity index (χ4n) is 3.17. The standard InChI is InChI=1S/C18H13BrN2O2/c19-16-12(11-5-1-2-7-14(11)20-16)9-8-10-4-3-6-13-15(10)18(23)21-17(13)22/h1-7,20H,8-9H2,(H,21,22,23). The monoisotopic (exact) mass is 368 g/mol. The molecule has 23 heavy (non-hydrogen) atoms. The van der Waals surface area contributed by atoms with E-state index in [1.165, 1.54) is 10.9 Å². The first kappa shape index (κ1) is 14.2. The number of carbonyl (C=O) groups is 2. The molecule has 2 heterocycles. The minimum atomic E-state index is -0.305. The lowest BCUT2D eigenvalue weighted by molar-refractivity contribution is 0.0879. The first-order valence-electron chi connectivity index (χ1n) is 7.38. The normalized spacial score (nSPS) is 13.4. The van der Waals surface area contributed by atoms with Crippen molar-refractivity contribution in [2.45, 2.75) is 12.8 Å². The number of imide groups is 1. The molecule has 1 aromatic heterocycles. The fourth-order valence-corrected chi connectivity index (χ4v) is 3.80. The van der Waals surface area contributed by atoms with E-state index in [4.69, 9.17) is 0 Å². The number of hydrogen-bond donors (Lipinski definition) is 2. The van der Waals surface area contributed by atoms with Crippen molar-refractivity contribution in [1.29, 1.82) is 0 Å². The maximum atomic E-state index is 12.0. The number of para-hydroxylation sites is 1. The Morgan fingerprint density at radius 2 is 1.74 bits per heavy atom. The Hall–Kier alpha value is -2.40. The number of H-pyrrole nitrogens is 1. The molecule has 0 unspecified atom stereocenters. The van der Waals surface area contributed by atoms with Crippen LogP contribution in [0.4, 0.5) is 0 Å². The molecule has 1 aliphatic heterocycles. The Morgan fingerprint density at radius 3 is 2.61 bits per heavy atom. The maximum absolute atomic E-state index is 12.0. The molecule has 2 N–H and O–H groups in total. The largest absolute Gasteiger partial charge is 0.349 e. The topological polar surface area (TPSA) is 62.0 Å². The molecule has 0 saturated heterocycles. The average Bonchev–Trinajstić information content (AvgIpc) is 3.02. The lowest BCUT2D eigenvalue weighted by Gasteiger charge is -2.06. The third-order valence-electron chi connectivity index (χ3n) is 4.26. The van der Waals surface area contributed by atoms with Crippen molar-refractivity contribution in [3.05, 3.63) is 69.3 Å². The van der Waals surface area contributed by atoms with Crippen LogP contribution in [0.2, 0.25) is 0 Å². The number of aromatic nitrogens is 1. The average molecular weight is 369 g/mol. The van der Waals surface area contributed by atoms with E-state index in [-0.39, 0.29) is 11.8 Å². The van der Waals surface area contributed by atoms with Gasteiger partial charge in [-0.25, -0.2) is 0 Å². The predicted octanol–water partition coefficient (Wildman–Crippen LogP) is 3.60. The van der Waals surface area contributed by atoms with Crippen molar-refractivity contribution < 1.29 is 9.59 Å². The number of halogens is 1. The van der Waals surface area contributed by atoms with Gasteiger partial charge >= 0.3 is 0 Å². The van der Waals surface area contributed by atoms with E-state index in [2.05, 4.69) is 32.3 Å². The van der Waals surface area contributed by atoms with E-state index in [9.17, 15) is 9.59 Å². The van der Waals surface area contributed by atoms with Gasteiger partial charge in [0.2, 0.25) is 0 Å². The van der Waals surface area contributed by atoms with Gasteiger partial charge in [-0.1, -0.05) is 30.3 Å². The van der Waals surface area contributed by atoms with Gasteiger partial charge in [-0.15, -0.1) is 0 Å². The highest BCUT2D eigenvalue weighted by Crippen LogP contribution is 2.29. The summed E-state index contributed by atoms with van der Waals surface area (Å²) in [5.74, 6) is -0.598. The molecular weight excluding hydrogens is 356 g/mol. The van der Waals surface area contributed by atoms with E-state index >= 15 is 0 Å². The van der Waals surface area contributed by atoms with Gasteiger partial charge in [-0.2, -0.15) is 0 Å². The van der Waals surface area contributed by atoms with Gasteiger partial charge < -0.3 is 4.98 Å². The van der Waals surface area contributed by atoms with Gasteiger partial charge in [0.25, 0.3) is 11.8 Å². The van der Waals surface area contributed by atoms with Gasteiger partial charge in [-0.05, 0) is 52.0 Å². The van der Waals surface area contributed by atoms with E-state index in [1.807, 2.05) is 30.3 Å². The first-order valence-corrected chi connectivity index (χ1v) is 8.17. The summed E-state index contributed by atoms with van der Waals surface area (Å²) in [6, 6.07) is 13.6. The Bertz CT molecular complexity index is 959. The molecule has 0 atom stereocenters. The number of aromatic amines is 1. The van der Waals surface area contributed by atoms with Crippen molar-refractivity contribution in [3.63, 3.8) is 0 Å². The molecule has 0 saturated carbocycles. The van der Waals surface area contributed by atoms with Crippen LogP contribution in [0.25, 0.3) is 10.9 Å². The molecule has 0 fully saturated rings. The number of fused-ring (bicyclic) bond motifs is 2. The quantitative estimate of drug-likeness (QED) is 0.693. The maximum Gasteiger partial charge on any atom is 0.259 e. The highest BCUT2D eigenvalue weighted by Gasteiger charge is 2.28. The zero-order valence-corrected chi connectivity index (χ0v) is 13.7. The molecule has 0 spiro atoms. The van der Waals surface area contributed by atoms with Crippen LogP contribution in [-0.2, 0) is 12.8 Å². The third-order valence-corrected chi connectivity index (χ3v) is 4.93. The third kappa shape index (κ3) is 2.28. The Morgan fingerprint density at radius 1 is 0.913 bits per heavy atom. The zero-order chi connectivity index (χ0) is 16.0. The number of benzene rings is 2. The molecule has 3 aromatic rings. The Labute approximate surface area is 141 Å². The van der Waals surface area contributed by atoms with Crippen LogP contribution in [0.1, 0.15) is 31.8 Å². The van der Waals surface area contributed by atoms with Gasteiger partial charge in [0.15, 0.2) is 0 Å². The van der Waals surface area contributed by atoms with E-state index in [0.717, 1.165) is 22.1 Å². The molecular formula is C18H13BrN2O2. The second-order valence-electron chi connectivity index (χ2n) is 5.59. The number of rotatable bonds is 3. The van der Waals surface area contributed by atoms with E-state index < -0.39 is 0 Å². The van der Waals surface area contributed by atoms with E-state index in [1.54, 1.807) is 6.07 Å². The van der Waals surface area contributed by atoms with Crippen molar-refractivity contribution in [3.8, 4) is 0 Å². The lowest BCUT2D eigenvalue weighted by Crippen LogP contribution is -2.20. The van der Waals surface area contributed by atoms with Crippen molar-refractivity contribution in [2.75, 3.05) is 0 Å². The van der Waals surface area contributed by atoms with Gasteiger partial charge in [0.1, 0.15) is 0 Å². The summed E-state index contributed by atoms with van der Waals surface area (Å²) < 4.78 is 0.965. The van der Waals surface area contributed by atoms with Crippen molar-refractivity contribution in [2.24, 2.45) is 0 Å². The molecule has 1 aliphatic rings. The van der Waals surface area contributed by atoms with Crippen LogP contribution in [0.3, 0.4) is 0 Å². The minimum Gasteiger partial charge on any atom is -0.349 e. The van der Waals surface area contributed by atoms with Gasteiger partial charge in [0.05, 0.1) is 15.7 Å². The second kappa shape index (κ2) is 5.35. The molecule has 2 aromatic carbocycles. The summed E-state index contributed by atoms with van der Waals surface area (Å²) in [5, 5.41) is 3.54.